The molecule has 1 heterocycles. The Hall–Kier alpha value is -1.42. The van der Waals surface area contributed by atoms with E-state index in [1.807, 2.05) is 0 Å². The zero-order valence-corrected chi connectivity index (χ0v) is 18.5. The number of hydrogen-bond acceptors (Lipinski definition) is 2. The lowest BCUT2D eigenvalue weighted by atomic mass is 9.75. The van der Waals surface area contributed by atoms with Crippen molar-refractivity contribution in [3.05, 3.63) is 71.8 Å². The van der Waals surface area contributed by atoms with Crippen molar-refractivity contribution in [3.8, 4) is 0 Å². The highest BCUT2D eigenvalue weighted by molar-refractivity contribution is 6.48. The molecule has 145 valence electrons. The monoisotopic (exact) mass is 380 g/mol. The van der Waals surface area contributed by atoms with Gasteiger partial charge in [-0.2, -0.15) is 0 Å². The lowest BCUT2D eigenvalue weighted by molar-refractivity contribution is 0.0303. The van der Waals surface area contributed by atoms with Crippen molar-refractivity contribution in [2.24, 2.45) is 11.3 Å². The van der Waals surface area contributed by atoms with Crippen molar-refractivity contribution in [2.75, 3.05) is 13.1 Å². The molecule has 1 radical (unpaired) electrons. The standard InChI is InChI=1S/C24H34NOSi/c1-24(2,3)23(26-27(4)5)22-18-25(16-19-12-8-6-9-13-19)17-21(22)20-14-10-7-11-15-20/h6-15,21-23H,16-18H2,1-5H3/t21-,22+,23?/m1/s1. The van der Waals surface area contributed by atoms with Gasteiger partial charge < -0.3 is 4.43 Å². The summed E-state index contributed by atoms with van der Waals surface area (Å²) in [5.74, 6) is 1.05. The van der Waals surface area contributed by atoms with E-state index >= 15 is 0 Å². The molecule has 1 fully saturated rings. The first-order valence-corrected chi connectivity index (χ1v) is 12.5. The molecular formula is C24H34NOSi. The van der Waals surface area contributed by atoms with Gasteiger partial charge in [-0.15, -0.1) is 0 Å². The zero-order valence-electron chi connectivity index (χ0n) is 17.5. The van der Waals surface area contributed by atoms with Crippen LogP contribution in [0, 0.1) is 11.3 Å². The normalized spacial score (nSPS) is 22.3. The fourth-order valence-corrected chi connectivity index (χ4v) is 5.44. The van der Waals surface area contributed by atoms with Crippen LogP contribution in [0.15, 0.2) is 60.7 Å². The van der Waals surface area contributed by atoms with Crippen LogP contribution in [0.25, 0.3) is 0 Å². The van der Waals surface area contributed by atoms with Gasteiger partial charge in [0.1, 0.15) is 0 Å². The molecule has 0 spiro atoms. The van der Waals surface area contributed by atoms with Gasteiger partial charge in [0, 0.05) is 31.5 Å². The van der Waals surface area contributed by atoms with Gasteiger partial charge in [-0.25, -0.2) is 0 Å². The van der Waals surface area contributed by atoms with Crippen molar-refractivity contribution in [3.63, 3.8) is 0 Å². The SMILES string of the molecule is C[Si](C)OC([C@H]1CN(Cc2ccccc2)C[C@@H]1c1ccccc1)C(C)(C)C. The molecule has 3 heteroatoms. The van der Waals surface area contributed by atoms with Crippen LogP contribution in [0.2, 0.25) is 13.1 Å². The van der Waals surface area contributed by atoms with Gasteiger partial charge in [0.25, 0.3) is 0 Å². The molecule has 0 bridgehead atoms. The summed E-state index contributed by atoms with van der Waals surface area (Å²) in [4.78, 5) is 2.62. The van der Waals surface area contributed by atoms with Crippen LogP contribution >= 0.6 is 0 Å². The van der Waals surface area contributed by atoms with Gasteiger partial charge in [0.05, 0.1) is 6.10 Å². The molecule has 2 aromatic carbocycles. The highest BCUT2D eigenvalue weighted by Crippen LogP contribution is 2.42. The Labute approximate surface area is 167 Å². The molecule has 1 aliphatic heterocycles. The number of rotatable bonds is 6. The van der Waals surface area contributed by atoms with Crippen LogP contribution < -0.4 is 0 Å². The summed E-state index contributed by atoms with van der Waals surface area (Å²) in [6, 6.07) is 21.9. The molecule has 0 amide bonds. The van der Waals surface area contributed by atoms with Crippen LogP contribution in [0.5, 0.6) is 0 Å². The Balaban J connectivity index is 1.87. The van der Waals surface area contributed by atoms with Crippen LogP contribution in [-0.4, -0.2) is 33.1 Å². The average molecular weight is 381 g/mol. The van der Waals surface area contributed by atoms with E-state index in [1.165, 1.54) is 11.1 Å². The summed E-state index contributed by atoms with van der Waals surface area (Å²) < 4.78 is 6.62. The molecule has 0 N–H and O–H groups in total. The molecule has 0 aliphatic carbocycles. The molecule has 3 rings (SSSR count). The smallest absolute Gasteiger partial charge is 0.205 e. The molecule has 0 saturated carbocycles. The Morgan fingerprint density at radius 3 is 2.11 bits per heavy atom. The van der Waals surface area contributed by atoms with Gasteiger partial charge >= 0.3 is 0 Å². The summed E-state index contributed by atoms with van der Waals surface area (Å²) >= 11 is 0. The maximum absolute atomic E-state index is 6.62. The largest absolute Gasteiger partial charge is 0.413 e. The molecule has 3 atom stereocenters. The molecule has 1 saturated heterocycles. The molecular weight excluding hydrogens is 346 g/mol. The fraction of sp³-hybridized carbons (Fsp3) is 0.500. The highest BCUT2D eigenvalue weighted by atomic mass is 28.3. The number of likely N-dealkylation sites (tertiary alicyclic amines) is 1. The predicted octanol–water partition coefficient (Wildman–Crippen LogP) is 5.58. The first-order chi connectivity index (χ1) is 12.8. The summed E-state index contributed by atoms with van der Waals surface area (Å²) in [7, 11) is -0.751. The van der Waals surface area contributed by atoms with Crippen molar-refractivity contribution < 1.29 is 4.43 Å². The first kappa shape index (κ1) is 20.3. The van der Waals surface area contributed by atoms with E-state index in [2.05, 4.69) is 99.4 Å². The molecule has 0 aromatic heterocycles. The van der Waals surface area contributed by atoms with E-state index in [-0.39, 0.29) is 11.5 Å². The van der Waals surface area contributed by atoms with E-state index in [0.29, 0.717) is 11.8 Å². The summed E-state index contributed by atoms with van der Waals surface area (Å²) in [5.41, 5.74) is 2.99. The lowest BCUT2D eigenvalue weighted by Crippen LogP contribution is -2.42. The van der Waals surface area contributed by atoms with E-state index in [4.69, 9.17) is 4.43 Å². The second kappa shape index (κ2) is 8.72. The number of benzene rings is 2. The molecule has 1 aliphatic rings. The van der Waals surface area contributed by atoms with Crippen LogP contribution in [0.3, 0.4) is 0 Å². The van der Waals surface area contributed by atoms with Crippen LogP contribution in [0.1, 0.15) is 37.8 Å². The van der Waals surface area contributed by atoms with Gasteiger partial charge in [0.2, 0.25) is 9.04 Å². The number of nitrogens with zero attached hydrogens (tertiary/aromatic N) is 1. The van der Waals surface area contributed by atoms with Crippen molar-refractivity contribution in [1.82, 2.24) is 4.90 Å². The average Bonchev–Trinajstić information content (AvgIpc) is 3.03. The summed E-state index contributed by atoms with van der Waals surface area (Å²) in [5, 5.41) is 0. The molecule has 1 unspecified atom stereocenters. The molecule has 27 heavy (non-hydrogen) atoms. The van der Waals surface area contributed by atoms with E-state index < -0.39 is 9.04 Å². The second-order valence-electron chi connectivity index (χ2n) is 9.17. The minimum absolute atomic E-state index is 0.141. The minimum atomic E-state index is -0.751. The second-order valence-corrected chi connectivity index (χ2v) is 11.2. The van der Waals surface area contributed by atoms with Crippen LogP contribution in [-0.2, 0) is 11.0 Å². The summed E-state index contributed by atoms with van der Waals surface area (Å²) in [6.07, 6.45) is 0.285. The van der Waals surface area contributed by atoms with Crippen LogP contribution in [0.4, 0.5) is 0 Å². The quantitative estimate of drug-likeness (QED) is 0.606. The maximum atomic E-state index is 6.62. The van der Waals surface area contributed by atoms with Gasteiger partial charge in [-0.3, -0.25) is 4.90 Å². The molecule has 2 aromatic rings. The maximum Gasteiger partial charge on any atom is 0.205 e. The number of hydrogen-bond donors (Lipinski definition) is 0. The van der Waals surface area contributed by atoms with Gasteiger partial charge in [-0.05, 0) is 29.6 Å². The molecule has 2 nitrogen and oxygen atoms in total. The zero-order chi connectivity index (χ0) is 19.4. The highest BCUT2D eigenvalue weighted by Gasteiger charge is 2.43. The Kier molecular flexibility index (Phi) is 6.56. The Bertz CT molecular complexity index is 695. The third kappa shape index (κ3) is 5.31. The third-order valence-electron chi connectivity index (χ3n) is 5.52. The van der Waals surface area contributed by atoms with Gasteiger partial charge in [0.15, 0.2) is 0 Å². The predicted molar refractivity (Wildman–Crippen MR) is 116 cm³/mol. The fourth-order valence-electron chi connectivity index (χ4n) is 4.40. The van der Waals surface area contributed by atoms with Gasteiger partial charge in [-0.1, -0.05) is 81.4 Å². The van der Waals surface area contributed by atoms with E-state index in [1.54, 1.807) is 0 Å². The first-order valence-electron chi connectivity index (χ1n) is 10.1. The van der Waals surface area contributed by atoms with Crippen molar-refractivity contribution in [1.29, 1.82) is 0 Å². The lowest BCUT2D eigenvalue weighted by Gasteiger charge is -2.39. The van der Waals surface area contributed by atoms with Crippen molar-refractivity contribution in [2.45, 2.75) is 52.4 Å². The van der Waals surface area contributed by atoms with E-state index in [9.17, 15) is 0 Å². The topological polar surface area (TPSA) is 12.5 Å². The minimum Gasteiger partial charge on any atom is -0.413 e. The third-order valence-corrected chi connectivity index (χ3v) is 6.25. The Morgan fingerprint density at radius 1 is 0.963 bits per heavy atom. The van der Waals surface area contributed by atoms with Crippen molar-refractivity contribution >= 4 is 9.04 Å². The van der Waals surface area contributed by atoms with E-state index in [0.717, 1.165) is 19.6 Å². The Morgan fingerprint density at radius 2 is 1.56 bits per heavy atom. The summed E-state index contributed by atoms with van der Waals surface area (Å²) in [6.45, 7) is 14.8.